The van der Waals surface area contributed by atoms with Crippen molar-refractivity contribution in [3.63, 3.8) is 0 Å². The van der Waals surface area contributed by atoms with E-state index >= 15 is 0 Å². The number of benzene rings is 3. The van der Waals surface area contributed by atoms with E-state index in [0.29, 0.717) is 43.9 Å². The van der Waals surface area contributed by atoms with Crippen molar-refractivity contribution in [3.8, 4) is 0 Å². The van der Waals surface area contributed by atoms with E-state index in [0.717, 1.165) is 11.1 Å². The van der Waals surface area contributed by atoms with Crippen LogP contribution in [0.5, 0.6) is 0 Å². The Kier molecular flexibility index (Phi) is 8.05. The molecular formula is C32H36N4O4. The number of carboxylic acids is 1. The lowest BCUT2D eigenvalue weighted by Gasteiger charge is -2.39. The average Bonchev–Trinajstić information content (AvgIpc) is 3.27. The van der Waals surface area contributed by atoms with Gasteiger partial charge in [0.25, 0.3) is 0 Å². The van der Waals surface area contributed by atoms with Crippen molar-refractivity contribution >= 4 is 29.4 Å². The van der Waals surface area contributed by atoms with Crippen LogP contribution in [-0.4, -0.2) is 69.6 Å². The van der Waals surface area contributed by atoms with E-state index in [4.69, 9.17) is 0 Å². The zero-order valence-corrected chi connectivity index (χ0v) is 23.0. The maximum Gasteiger partial charge on any atom is 0.329 e. The van der Waals surface area contributed by atoms with Crippen LogP contribution >= 0.6 is 0 Å². The number of urea groups is 2. The number of para-hydroxylation sites is 2. The van der Waals surface area contributed by atoms with Crippen LogP contribution in [0.25, 0.3) is 0 Å². The average molecular weight is 541 g/mol. The molecular weight excluding hydrogens is 504 g/mol. The minimum atomic E-state index is -1.04. The third-order valence-electron chi connectivity index (χ3n) is 8.17. The molecule has 1 N–H and O–H groups in total. The summed E-state index contributed by atoms with van der Waals surface area (Å²) in [7, 11) is 0. The monoisotopic (exact) mass is 540 g/mol. The number of aliphatic carboxylic acids is 1. The molecule has 3 fully saturated rings. The topological polar surface area (TPSA) is 84.4 Å². The molecule has 208 valence electrons. The highest BCUT2D eigenvalue weighted by molar-refractivity contribution is 6.01. The van der Waals surface area contributed by atoms with Gasteiger partial charge in [0.05, 0.1) is 17.4 Å². The number of hydrogen-bond donors (Lipinski definition) is 1. The Morgan fingerprint density at radius 1 is 0.800 bits per heavy atom. The van der Waals surface area contributed by atoms with Crippen LogP contribution in [0.15, 0.2) is 84.9 Å². The van der Waals surface area contributed by atoms with Gasteiger partial charge >= 0.3 is 18.0 Å². The van der Waals surface area contributed by atoms with Crippen molar-refractivity contribution in [3.05, 3.63) is 96.1 Å². The first-order valence-electron chi connectivity index (χ1n) is 13.9. The largest absolute Gasteiger partial charge is 0.480 e. The molecule has 2 bridgehead atoms. The van der Waals surface area contributed by atoms with E-state index in [2.05, 4.69) is 0 Å². The first-order chi connectivity index (χ1) is 19.4. The highest BCUT2D eigenvalue weighted by Gasteiger charge is 2.49. The molecule has 6 rings (SSSR count). The molecule has 3 saturated heterocycles. The van der Waals surface area contributed by atoms with Gasteiger partial charge in [0.15, 0.2) is 0 Å². The van der Waals surface area contributed by atoms with E-state index in [1.807, 2.05) is 109 Å². The summed E-state index contributed by atoms with van der Waals surface area (Å²) in [5, 5.41) is 10.4. The van der Waals surface area contributed by atoms with Crippen molar-refractivity contribution in [2.45, 2.75) is 45.3 Å². The molecule has 0 aliphatic carbocycles. The molecule has 0 radical (unpaired) electrons. The summed E-state index contributed by atoms with van der Waals surface area (Å²) in [5.74, 6) is -1.41. The van der Waals surface area contributed by atoms with E-state index in [9.17, 15) is 19.5 Å². The molecule has 3 aromatic rings. The van der Waals surface area contributed by atoms with Gasteiger partial charge in [-0.2, -0.15) is 0 Å². The quantitative estimate of drug-likeness (QED) is 0.432. The van der Waals surface area contributed by atoms with Crippen molar-refractivity contribution in [1.29, 1.82) is 0 Å². The molecule has 8 heteroatoms. The van der Waals surface area contributed by atoms with Crippen LogP contribution in [0, 0.1) is 12.8 Å². The van der Waals surface area contributed by atoms with Gasteiger partial charge in [0.1, 0.15) is 6.04 Å². The second-order valence-corrected chi connectivity index (χ2v) is 10.6. The summed E-state index contributed by atoms with van der Waals surface area (Å²) < 4.78 is 0. The zero-order chi connectivity index (χ0) is 28.2. The Bertz CT molecular complexity index is 1310. The number of fused-ring (bicyclic) bond motifs is 4. The van der Waals surface area contributed by atoms with Crippen LogP contribution in [0.1, 0.15) is 30.9 Å². The maximum atomic E-state index is 14.3. The number of aryl methyl sites for hydroxylation is 1. The first-order valence-corrected chi connectivity index (χ1v) is 13.9. The molecule has 4 amide bonds. The van der Waals surface area contributed by atoms with Crippen LogP contribution in [0.3, 0.4) is 0 Å². The molecule has 0 spiro atoms. The van der Waals surface area contributed by atoms with Crippen LogP contribution in [-0.2, 0) is 11.3 Å². The van der Waals surface area contributed by atoms with Crippen molar-refractivity contribution in [1.82, 2.24) is 14.7 Å². The third kappa shape index (κ3) is 5.39. The molecule has 3 aromatic carbocycles. The molecule has 3 heterocycles. The van der Waals surface area contributed by atoms with Gasteiger partial charge in [-0.3, -0.25) is 4.90 Å². The SMILES string of the molecule is CCN(Cc1ccccc1C)C(=O)N1C[C@@H]2CC[C@H]1CN(C(=O)N(c1ccccc1)c1ccccc1)[C@@H]2C(=O)O. The number of hydrogen-bond acceptors (Lipinski definition) is 3. The molecule has 8 nitrogen and oxygen atoms in total. The van der Waals surface area contributed by atoms with Crippen molar-refractivity contribution in [2.24, 2.45) is 5.92 Å². The van der Waals surface area contributed by atoms with E-state index in [1.54, 1.807) is 4.90 Å². The van der Waals surface area contributed by atoms with Gasteiger partial charge in [-0.25, -0.2) is 14.4 Å². The standard InChI is InChI=1S/C32H36N4O4/c1-3-33(20-24-13-11-10-12-23(24)2)31(39)34-21-25-18-19-28(34)22-35(29(25)30(37)38)32(40)36(26-14-6-4-7-15-26)27-16-8-5-9-17-27/h4-17,25,28-29H,3,18-22H2,1-2H3,(H,37,38)/t25-,28-,29-/m0/s1. The second kappa shape index (κ2) is 11.8. The molecule has 0 unspecified atom stereocenters. The van der Waals surface area contributed by atoms with Gasteiger partial charge in [-0.15, -0.1) is 0 Å². The normalized spacial score (nSPS) is 20.1. The smallest absolute Gasteiger partial charge is 0.329 e. The molecule has 3 atom stereocenters. The number of carboxylic acid groups (broad SMARTS) is 1. The first kappa shape index (κ1) is 27.2. The van der Waals surface area contributed by atoms with Gasteiger partial charge in [-0.05, 0) is 62.1 Å². The Balaban J connectivity index is 1.46. The van der Waals surface area contributed by atoms with Crippen LogP contribution in [0.4, 0.5) is 21.0 Å². The number of piperidine rings is 1. The maximum absolute atomic E-state index is 14.3. The second-order valence-electron chi connectivity index (χ2n) is 10.6. The van der Waals surface area contributed by atoms with Gasteiger partial charge in [0.2, 0.25) is 0 Å². The Morgan fingerprint density at radius 3 is 1.98 bits per heavy atom. The Labute approximate surface area is 235 Å². The minimum Gasteiger partial charge on any atom is -0.480 e. The summed E-state index contributed by atoms with van der Waals surface area (Å²) >= 11 is 0. The van der Waals surface area contributed by atoms with E-state index in [1.165, 1.54) is 4.90 Å². The highest BCUT2D eigenvalue weighted by Crippen LogP contribution is 2.36. The number of anilines is 2. The molecule has 0 saturated carbocycles. The molecule has 0 aromatic heterocycles. The lowest BCUT2D eigenvalue weighted by molar-refractivity contribution is -0.143. The molecule has 40 heavy (non-hydrogen) atoms. The van der Waals surface area contributed by atoms with Crippen molar-refractivity contribution < 1.29 is 19.5 Å². The van der Waals surface area contributed by atoms with Crippen LogP contribution < -0.4 is 4.90 Å². The van der Waals surface area contributed by atoms with Gasteiger partial charge in [-0.1, -0.05) is 60.7 Å². The predicted molar refractivity (Wildman–Crippen MR) is 154 cm³/mol. The zero-order valence-electron chi connectivity index (χ0n) is 23.0. The summed E-state index contributed by atoms with van der Waals surface area (Å²) in [4.78, 5) is 47.6. The fourth-order valence-corrected chi connectivity index (χ4v) is 6.01. The summed E-state index contributed by atoms with van der Waals surface area (Å²) in [5.41, 5.74) is 3.51. The lowest BCUT2D eigenvalue weighted by Crippen LogP contribution is -2.53. The van der Waals surface area contributed by atoms with E-state index < -0.39 is 18.0 Å². The number of nitrogens with zero attached hydrogens (tertiary/aromatic N) is 4. The lowest BCUT2D eigenvalue weighted by atomic mass is 9.90. The number of carbonyl (C=O) groups excluding carboxylic acids is 2. The molecule has 3 aliphatic rings. The summed E-state index contributed by atoms with van der Waals surface area (Å²) in [6.45, 7) is 5.48. The number of carbonyl (C=O) groups is 3. The van der Waals surface area contributed by atoms with E-state index in [-0.39, 0.29) is 24.5 Å². The number of amides is 4. The van der Waals surface area contributed by atoms with Gasteiger partial charge < -0.3 is 19.8 Å². The van der Waals surface area contributed by atoms with Crippen molar-refractivity contribution in [2.75, 3.05) is 24.5 Å². The highest BCUT2D eigenvalue weighted by atomic mass is 16.4. The minimum absolute atomic E-state index is 0.109. The van der Waals surface area contributed by atoms with Crippen LogP contribution in [0.2, 0.25) is 0 Å². The Morgan fingerprint density at radius 2 is 1.40 bits per heavy atom. The Hall–Kier alpha value is -4.33. The fraction of sp³-hybridized carbons (Fsp3) is 0.344. The summed E-state index contributed by atoms with van der Waals surface area (Å²) in [6.07, 6.45) is 1.30. The fourth-order valence-electron chi connectivity index (χ4n) is 6.01. The number of rotatable bonds is 6. The summed E-state index contributed by atoms with van der Waals surface area (Å²) in [6, 6.07) is 24.8. The van der Waals surface area contributed by atoms with Gasteiger partial charge in [0, 0.05) is 32.1 Å². The third-order valence-corrected chi connectivity index (χ3v) is 8.17. The predicted octanol–water partition coefficient (Wildman–Crippen LogP) is 5.74. The molecule has 3 aliphatic heterocycles.